The fourth-order valence-electron chi connectivity index (χ4n) is 4.28. The second-order valence-electron chi connectivity index (χ2n) is 6.96. The van der Waals surface area contributed by atoms with Crippen molar-refractivity contribution >= 4 is 28.2 Å². The summed E-state index contributed by atoms with van der Waals surface area (Å²) in [5, 5.41) is 4.43. The fourth-order valence-corrected chi connectivity index (χ4v) is 6.01. The van der Waals surface area contributed by atoms with Gasteiger partial charge in [-0.3, -0.25) is 0 Å². The van der Waals surface area contributed by atoms with Crippen molar-refractivity contribution < 1.29 is 4.48 Å². The molecule has 116 valence electrons. The van der Waals surface area contributed by atoms with Gasteiger partial charge in [0.25, 0.3) is 0 Å². The number of quaternary nitrogens is 1. The molecule has 2 atom stereocenters. The molecule has 0 aromatic carbocycles. The van der Waals surface area contributed by atoms with Crippen molar-refractivity contribution in [2.45, 2.75) is 38.1 Å². The lowest BCUT2D eigenvalue weighted by atomic mass is 9.84. The molecule has 0 spiro atoms. The van der Waals surface area contributed by atoms with Gasteiger partial charge in [-0.2, -0.15) is 0 Å². The zero-order valence-corrected chi connectivity index (χ0v) is 14.9. The lowest BCUT2D eigenvalue weighted by Crippen LogP contribution is -2.57. The second-order valence-corrected chi connectivity index (χ2v) is 8.86. The first kappa shape index (κ1) is 14.7. The van der Waals surface area contributed by atoms with Gasteiger partial charge < -0.3 is 4.48 Å². The minimum Gasteiger partial charge on any atom is -0.323 e. The molecule has 2 fully saturated rings. The van der Waals surface area contributed by atoms with Gasteiger partial charge in [0.15, 0.2) is 0 Å². The van der Waals surface area contributed by atoms with Gasteiger partial charge in [0, 0.05) is 28.2 Å². The first-order chi connectivity index (χ1) is 10.8. The van der Waals surface area contributed by atoms with Crippen LogP contribution >= 0.6 is 22.7 Å². The Hall–Kier alpha value is -0.900. The maximum Gasteiger partial charge on any atom is 0.0926 e. The number of piperidine rings is 2. The fraction of sp³-hybridized carbons (Fsp3) is 0.474. The Morgan fingerprint density at radius 2 is 1.77 bits per heavy atom. The largest absolute Gasteiger partial charge is 0.323 e. The Kier molecular flexibility index (Phi) is 3.97. The Morgan fingerprint density at radius 1 is 1.05 bits per heavy atom. The normalized spacial score (nSPS) is 28.4. The molecule has 2 saturated heterocycles. The monoisotopic (exact) mass is 330 g/mol. The zero-order valence-electron chi connectivity index (χ0n) is 13.3. The van der Waals surface area contributed by atoms with Crippen molar-refractivity contribution in [2.24, 2.45) is 0 Å². The van der Waals surface area contributed by atoms with Crippen LogP contribution < -0.4 is 0 Å². The van der Waals surface area contributed by atoms with Crippen LogP contribution in [0.15, 0.2) is 40.6 Å². The SMILES string of the molecule is C[N@+]12CCCC[C@@H]1CC(=C(c1cccs1)c1cccs1)CC2. The standard InChI is InChI=1S/C19H24NS2/c1-20-10-3-2-6-16(20)14-15(9-11-20)19(17-7-4-12-21-17)18-8-5-13-22-18/h4-5,7-8,12-13,16H,2-3,6,9-11,14H2,1H3/q+1/t16-,20-/m1/s1. The van der Waals surface area contributed by atoms with E-state index in [1.54, 1.807) is 11.1 Å². The Balaban J connectivity index is 1.74. The van der Waals surface area contributed by atoms with Gasteiger partial charge in [-0.15, -0.1) is 22.7 Å². The van der Waals surface area contributed by atoms with E-state index in [1.807, 2.05) is 22.7 Å². The van der Waals surface area contributed by atoms with E-state index in [1.165, 1.54) is 59.4 Å². The summed E-state index contributed by atoms with van der Waals surface area (Å²) in [4.78, 5) is 2.92. The first-order valence-electron chi connectivity index (χ1n) is 8.40. The minimum absolute atomic E-state index is 0.854. The molecule has 3 heteroatoms. The number of nitrogens with zero attached hydrogens (tertiary/aromatic N) is 1. The topological polar surface area (TPSA) is 0 Å². The van der Waals surface area contributed by atoms with E-state index in [-0.39, 0.29) is 0 Å². The van der Waals surface area contributed by atoms with Crippen LogP contribution in [0.25, 0.3) is 5.57 Å². The molecule has 0 aliphatic carbocycles. The lowest BCUT2D eigenvalue weighted by molar-refractivity contribution is -0.941. The summed E-state index contributed by atoms with van der Waals surface area (Å²) in [7, 11) is 2.50. The predicted molar refractivity (Wildman–Crippen MR) is 97.5 cm³/mol. The maximum absolute atomic E-state index is 2.50. The van der Waals surface area contributed by atoms with Gasteiger partial charge in [0.2, 0.25) is 0 Å². The van der Waals surface area contributed by atoms with E-state index >= 15 is 0 Å². The predicted octanol–water partition coefficient (Wildman–Crippen LogP) is 5.40. The van der Waals surface area contributed by atoms with Gasteiger partial charge in [-0.25, -0.2) is 0 Å². The van der Waals surface area contributed by atoms with E-state index in [9.17, 15) is 0 Å². The summed E-state index contributed by atoms with van der Waals surface area (Å²) in [5.74, 6) is 0. The molecule has 2 aliphatic rings. The number of rotatable bonds is 2. The van der Waals surface area contributed by atoms with E-state index in [2.05, 4.69) is 42.1 Å². The van der Waals surface area contributed by atoms with Crippen molar-refractivity contribution in [1.82, 2.24) is 0 Å². The minimum atomic E-state index is 0.854. The summed E-state index contributed by atoms with van der Waals surface area (Å²) < 4.78 is 1.33. The molecular formula is C19H24NS2+. The molecule has 0 unspecified atom stereocenters. The first-order valence-corrected chi connectivity index (χ1v) is 10.2. The molecule has 4 rings (SSSR count). The average molecular weight is 331 g/mol. The van der Waals surface area contributed by atoms with Crippen LogP contribution in [0.1, 0.15) is 41.9 Å². The van der Waals surface area contributed by atoms with E-state index in [0.717, 1.165) is 6.04 Å². The third kappa shape index (κ3) is 2.60. The molecule has 2 aliphatic heterocycles. The van der Waals surface area contributed by atoms with E-state index in [0.29, 0.717) is 0 Å². The van der Waals surface area contributed by atoms with Gasteiger partial charge in [0.1, 0.15) is 0 Å². The zero-order chi connectivity index (χ0) is 15.0. The van der Waals surface area contributed by atoms with Crippen LogP contribution in [0, 0.1) is 0 Å². The highest BCUT2D eigenvalue weighted by Crippen LogP contribution is 2.41. The number of fused-ring (bicyclic) bond motifs is 1. The highest BCUT2D eigenvalue weighted by molar-refractivity contribution is 7.13. The smallest absolute Gasteiger partial charge is 0.0926 e. The molecule has 1 nitrogen and oxygen atoms in total. The van der Waals surface area contributed by atoms with Gasteiger partial charge >= 0.3 is 0 Å². The highest BCUT2D eigenvalue weighted by atomic mass is 32.1. The molecule has 0 bridgehead atoms. The number of hydrogen-bond donors (Lipinski definition) is 0. The maximum atomic E-state index is 2.50. The molecule has 22 heavy (non-hydrogen) atoms. The number of thiophene rings is 2. The molecule has 2 aromatic rings. The Labute approximate surface area is 141 Å². The van der Waals surface area contributed by atoms with Gasteiger partial charge in [-0.05, 0) is 47.7 Å². The lowest BCUT2D eigenvalue weighted by Gasteiger charge is -2.48. The number of hydrogen-bond acceptors (Lipinski definition) is 2. The molecule has 0 radical (unpaired) electrons. The van der Waals surface area contributed by atoms with Crippen LogP contribution in [0.2, 0.25) is 0 Å². The van der Waals surface area contributed by atoms with Gasteiger partial charge in [0.05, 0.1) is 26.2 Å². The second kappa shape index (κ2) is 5.95. The molecule has 0 amide bonds. The van der Waals surface area contributed by atoms with Crippen LogP contribution in [0.4, 0.5) is 0 Å². The molecule has 4 heterocycles. The Bertz CT molecular complexity index is 617. The third-order valence-corrected chi connectivity index (χ3v) is 7.41. The average Bonchev–Trinajstić information content (AvgIpc) is 3.21. The van der Waals surface area contributed by atoms with Crippen LogP contribution in [-0.4, -0.2) is 30.7 Å². The van der Waals surface area contributed by atoms with E-state index < -0.39 is 0 Å². The molecule has 0 N–H and O–H groups in total. The summed E-state index contributed by atoms with van der Waals surface area (Å²) in [6.07, 6.45) is 6.86. The third-order valence-electron chi connectivity index (χ3n) is 5.63. The van der Waals surface area contributed by atoms with Crippen molar-refractivity contribution in [3.05, 3.63) is 50.4 Å². The molecular weight excluding hydrogens is 306 g/mol. The summed E-state index contributed by atoms with van der Waals surface area (Å²) in [5.41, 5.74) is 3.27. The van der Waals surface area contributed by atoms with Gasteiger partial charge in [-0.1, -0.05) is 12.1 Å². The molecule has 2 aromatic heterocycles. The Morgan fingerprint density at radius 3 is 2.41 bits per heavy atom. The summed E-state index contributed by atoms with van der Waals surface area (Å²) >= 11 is 3.79. The molecule has 0 saturated carbocycles. The van der Waals surface area contributed by atoms with Crippen molar-refractivity contribution in [1.29, 1.82) is 0 Å². The summed E-state index contributed by atoms with van der Waals surface area (Å²) in [6, 6.07) is 9.84. The highest BCUT2D eigenvalue weighted by Gasteiger charge is 2.40. The van der Waals surface area contributed by atoms with Crippen molar-refractivity contribution in [3.63, 3.8) is 0 Å². The van der Waals surface area contributed by atoms with Crippen molar-refractivity contribution in [2.75, 3.05) is 20.1 Å². The van der Waals surface area contributed by atoms with Crippen LogP contribution in [0.3, 0.4) is 0 Å². The quantitative estimate of drug-likeness (QED) is 0.646. The van der Waals surface area contributed by atoms with Crippen molar-refractivity contribution in [3.8, 4) is 0 Å². The summed E-state index contributed by atoms with van der Waals surface area (Å²) in [6.45, 7) is 2.73. The van der Waals surface area contributed by atoms with Crippen LogP contribution in [-0.2, 0) is 0 Å². The van der Waals surface area contributed by atoms with Crippen LogP contribution in [0.5, 0.6) is 0 Å². The van der Waals surface area contributed by atoms with E-state index in [4.69, 9.17) is 0 Å².